The lowest BCUT2D eigenvalue weighted by Crippen LogP contribution is -2.49. The Morgan fingerprint density at radius 2 is 1.82 bits per heavy atom. The van der Waals surface area contributed by atoms with Gasteiger partial charge in [0.2, 0.25) is 0 Å². The van der Waals surface area contributed by atoms with Gasteiger partial charge in [-0.2, -0.15) is 0 Å². The van der Waals surface area contributed by atoms with Gasteiger partial charge in [-0.3, -0.25) is 4.90 Å². The lowest BCUT2D eigenvalue weighted by atomic mass is 10.1. The van der Waals surface area contributed by atoms with E-state index >= 15 is 0 Å². The number of rotatable bonds is 3. The fourth-order valence-corrected chi connectivity index (χ4v) is 2.89. The second-order valence-corrected chi connectivity index (χ2v) is 5.14. The van der Waals surface area contributed by atoms with Crippen LogP contribution < -0.4 is 0 Å². The van der Waals surface area contributed by atoms with Crippen molar-refractivity contribution in [2.75, 3.05) is 39.3 Å². The van der Waals surface area contributed by atoms with Crippen LogP contribution in [0, 0.1) is 5.92 Å². The predicted octanol–water partition coefficient (Wildman–Crippen LogP) is 1.95. The minimum absolute atomic E-state index is 0.145. The first-order valence-corrected chi connectivity index (χ1v) is 6.93. The van der Waals surface area contributed by atoms with Crippen LogP contribution in [0.15, 0.2) is 0 Å². The van der Waals surface area contributed by atoms with Crippen molar-refractivity contribution in [3.63, 3.8) is 0 Å². The summed E-state index contributed by atoms with van der Waals surface area (Å²) in [5, 5.41) is 0. The number of carbonyl (C=O) groups excluding carboxylic acids is 1. The molecule has 98 valence electrons. The van der Waals surface area contributed by atoms with Crippen LogP contribution >= 0.6 is 0 Å². The maximum absolute atomic E-state index is 11.5. The van der Waals surface area contributed by atoms with Crippen LogP contribution in [0.5, 0.6) is 0 Å². The lowest BCUT2D eigenvalue weighted by Gasteiger charge is -2.35. The second kappa shape index (κ2) is 6.24. The Morgan fingerprint density at radius 1 is 1.18 bits per heavy atom. The van der Waals surface area contributed by atoms with Gasteiger partial charge >= 0.3 is 6.09 Å². The van der Waals surface area contributed by atoms with E-state index in [4.69, 9.17) is 4.74 Å². The van der Waals surface area contributed by atoms with E-state index in [2.05, 4.69) is 4.90 Å². The average Bonchev–Trinajstić information content (AvgIpc) is 2.83. The van der Waals surface area contributed by atoms with Crippen LogP contribution in [0.25, 0.3) is 0 Å². The summed E-state index contributed by atoms with van der Waals surface area (Å²) in [6, 6.07) is 0. The fourth-order valence-electron chi connectivity index (χ4n) is 2.89. The molecule has 1 saturated heterocycles. The van der Waals surface area contributed by atoms with Crippen molar-refractivity contribution in [1.29, 1.82) is 0 Å². The van der Waals surface area contributed by atoms with Gasteiger partial charge < -0.3 is 9.64 Å². The number of ether oxygens (including phenoxy) is 1. The molecule has 0 radical (unpaired) electrons. The molecule has 0 aromatic carbocycles. The second-order valence-electron chi connectivity index (χ2n) is 5.14. The molecule has 4 heteroatoms. The normalized spacial score (nSPS) is 23.0. The Balaban J connectivity index is 1.68. The van der Waals surface area contributed by atoms with Crippen LogP contribution in [-0.2, 0) is 4.74 Å². The van der Waals surface area contributed by atoms with Gasteiger partial charge in [0, 0.05) is 32.7 Å². The summed E-state index contributed by atoms with van der Waals surface area (Å²) >= 11 is 0. The molecule has 0 aromatic heterocycles. The van der Waals surface area contributed by atoms with Crippen molar-refractivity contribution in [3.8, 4) is 0 Å². The smallest absolute Gasteiger partial charge is 0.409 e. The summed E-state index contributed by atoms with van der Waals surface area (Å²) in [6.45, 7) is 7.23. The third-order valence-electron chi connectivity index (χ3n) is 3.89. The zero-order chi connectivity index (χ0) is 12.1. The molecule has 0 unspecified atom stereocenters. The molecule has 1 aliphatic carbocycles. The molecule has 0 aromatic rings. The molecule has 1 saturated carbocycles. The van der Waals surface area contributed by atoms with E-state index in [0.717, 1.165) is 32.1 Å². The van der Waals surface area contributed by atoms with E-state index in [0.29, 0.717) is 6.61 Å². The largest absolute Gasteiger partial charge is 0.450 e. The van der Waals surface area contributed by atoms with Gasteiger partial charge in [-0.15, -0.1) is 0 Å². The summed E-state index contributed by atoms with van der Waals surface area (Å²) in [6.07, 6.45) is 5.48. The number of nitrogens with zero attached hydrogens (tertiary/aromatic N) is 2. The van der Waals surface area contributed by atoms with Crippen LogP contribution in [-0.4, -0.2) is 55.2 Å². The molecule has 0 spiro atoms. The predicted molar refractivity (Wildman–Crippen MR) is 67.0 cm³/mol. The van der Waals surface area contributed by atoms with Crippen LogP contribution in [0.4, 0.5) is 4.79 Å². The Hall–Kier alpha value is -0.770. The fraction of sp³-hybridized carbons (Fsp3) is 0.923. The van der Waals surface area contributed by atoms with Crippen molar-refractivity contribution in [3.05, 3.63) is 0 Å². The summed E-state index contributed by atoms with van der Waals surface area (Å²) in [7, 11) is 0. The van der Waals surface area contributed by atoms with Gasteiger partial charge in [-0.25, -0.2) is 4.79 Å². The van der Waals surface area contributed by atoms with Gasteiger partial charge in [0.1, 0.15) is 0 Å². The van der Waals surface area contributed by atoms with Crippen molar-refractivity contribution in [2.45, 2.75) is 32.6 Å². The first kappa shape index (κ1) is 12.7. The summed E-state index contributed by atoms with van der Waals surface area (Å²) < 4.78 is 5.02. The molecule has 2 fully saturated rings. The molecule has 17 heavy (non-hydrogen) atoms. The highest BCUT2D eigenvalue weighted by Crippen LogP contribution is 2.25. The molecule has 0 atom stereocenters. The molecule has 0 N–H and O–H groups in total. The molecule has 2 aliphatic rings. The standard InChI is InChI=1S/C13H24N2O2/c1-2-17-13(16)15-9-7-14(8-10-15)11-12-5-3-4-6-12/h12H,2-11H2,1H3. The molecular formula is C13H24N2O2. The highest BCUT2D eigenvalue weighted by molar-refractivity contribution is 5.67. The minimum atomic E-state index is -0.145. The van der Waals surface area contributed by atoms with Gasteiger partial charge in [-0.05, 0) is 25.7 Å². The molecule has 4 nitrogen and oxygen atoms in total. The highest BCUT2D eigenvalue weighted by Gasteiger charge is 2.24. The molecule has 0 bridgehead atoms. The Bertz CT molecular complexity index is 244. The summed E-state index contributed by atoms with van der Waals surface area (Å²) in [4.78, 5) is 15.9. The van der Waals surface area contributed by atoms with Gasteiger partial charge in [0.15, 0.2) is 0 Å². The van der Waals surface area contributed by atoms with E-state index < -0.39 is 0 Å². The quantitative estimate of drug-likeness (QED) is 0.756. The average molecular weight is 240 g/mol. The van der Waals surface area contributed by atoms with E-state index in [1.807, 2.05) is 11.8 Å². The number of hydrogen-bond donors (Lipinski definition) is 0. The monoisotopic (exact) mass is 240 g/mol. The van der Waals surface area contributed by atoms with Crippen molar-refractivity contribution >= 4 is 6.09 Å². The van der Waals surface area contributed by atoms with Gasteiger partial charge in [0.25, 0.3) is 0 Å². The first-order chi connectivity index (χ1) is 8.29. The van der Waals surface area contributed by atoms with E-state index in [1.54, 1.807) is 0 Å². The van der Waals surface area contributed by atoms with Gasteiger partial charge in [-0.1, -0.05) is 12.8 Å². The molecule has 1 heterocycles. The summed E-state index contributed by atoms with van der Waals surface area (Å²) in [5.41, 5.74) is 0. The zero-order valence-corrected chi connectivity index (χ0v) is 10.9. The first-order valence-electron chi connectivity index (χ1n) is 6.93. The van der Waals surface area contributed by atoms with E-state index in [1.165, 1.54) is 32.2 Å². The van der Waals surface area contributed by atoms with Crippen molar-refractivity contribution in [2.24, 2.45) is 5.92 Å². The van der Waals surface area contributed by atoms with Crippen LogP contribution in [0.3, 0.4) is 0 Å². The molecular weight excluding hydrogens is 216 g/mol. The Kier molecular flexibility index (Phi) is 4.66. The van der Waals surface area contributed by atoms with Crippen LogP contribution in [0.2, 0.25) is 0 Å². The molecule has 1 amide bonds. The Labute approximate surface area is 104 Å². The number of carbonyl (C=O) groups is 1. The summed E-state index contributed by atoms with van der Waals surface area (Å²) in [5.74, 6) is 0.907. The number of piperazine rings is 1. The van der Waals surface area contributed by atoms with Gasteiger partial charge in [0.05, 0.1) is 6.61 Å². The maximum Gasteiger partial charge on any atom is 0.409 e. The van der Waals surface area contributed by atoms with E-state index in [9.17, 15) is 4.79 Å². The maximum atomic E-state index is 11.5. The zero-order valence-electron chi connectivity index (χ0n) is 10.9. The highest BCUT2D eigenvalue weighted by atomic mass is 16.6. The third-order valence-corrected chi connectivity index (χ3v) is 3.89. The number of amides is 1. The molecule has 1 aliphatic heterocycles. The van der Waals surface area contributed by atoms with Crippen molar-refractivity contribution in [1.82, 2.24) is 9.80 Å². The van der Waals surface area contributed by atoms with E-state index in [-0.39, 0.29) is 6.09 Å². The SMILES string of the molecule is CCOC(=O)N1CCN(CC2CCCC2)CC1. The van der Waals surface area contributed by atoms with Crippen molar-refractivity contribution < 1.29 is 9.53 Å². The topological polar surface area (TPSA) is 32.8 Å². The molecule has 2 rings (SSSR count). The Morgan fingerprint density at radius 3 is 2.41 bits per heavy atom. The third kappa shape index (κ3) is 3.60. The minimum Gasteiger partial charge on any atom is -0.450 e. The number of hydrogen-bond acceptors (Lipinski definition) is 3. The lowest BCUT2D eigenvalue weighted by molar-refractivity contribution is 0.0755. The van der Waals surface area contributed by atoms with Crippen LogP contribution in [0.1, 0.15) is 32.6 Å².